The van der Waals surface area contributed by atoms with Gasteiger partial charge in [0.25, 0.3) is 0 Å². The Bertz CT molecular complexity index is 915. The van der Waals surface area contributed by atoms with Crippen molar-refractivity contribution in [3.8, 4) is 11.1 Å². The van der Waals surface area contributed by atoms with Crippen LogP contribution in [0.3, 0.4) is 0 Å². The quantitative estimate of drug-likeness (QED) is 0.588. The number of carbonyl (C=O) groups excluding carboxylic acids is 1. The monoisotopic (exact) mass is 455 g/mol. The molecule has 0 N–H and O–H groups in total. The van der Waals surface area contributed by atoms with Gasteiger partial charge in [-0.2, -0.15) is 13.9 Å². The molecule has 0 unspecified atom stereocenters. The molecule has 1 saturated heterocycles. The van der Waals surface area contributed by atoms with E-state index in [1.54, 1.807) is 24.2 Å². The van der Waals surface area contributed by atoms with Crippen molar-refractivity contribution in [3.63, 3.8) is 0 Å². The maximum absolute atomic E-state index is 13.0. The molecule has 1 amide bonds. The van der Waals surface area contributed by atoms with Gasteiger partial charge in [-0.15, -0.1) is 0 Å². The summed E-state index contributed by atoms with van der Waals surface area (Å²) in [7, 11) is 1.74. The van der Waals surface area contributed by atoms with E-state index in [0.717, 1.165) is 25.1 Å². The Morgan fingerprint density at radius 2 is 2.13 bits per heavy atom. The summed E-state index contributed by atoms with van der Waals surface area (Å²) in [5.41, 5.74) is 1.51. The Morgan fingerprint density at radius 1 is 1.39 bits per heavy atom. The first-order valence-electron chi connectivity index (χ1n) is 10.2. The number of alkyl halides is 2. The molecule has 3 rings (SSSR count). The second-order valence-electron chi connectivity index (χ2n) is 8.83. The number of nitrogens with zero attached hydrogens (tertiary/aromatic N) is 5. The third-order valence-corrected chi connectivity index (χ3v) is 5.26. The van der Waals surface area contributed by atoms with Gasteiger partial charge in [-0.05, 0) is 45.6 Å². The van der Waals surface area contributed by atoms with E-state index in [4.69, 9.17) is 16.3 Å². The molecule has 31 heavy (non-hydrogen) atoms. The number of aromatic nitrogens is 3. The molecule has 7 nitrogen and oxygen atoms in total. The zero-order valence-electron chi connectivity index (χ0n) is 18.2. The lowest BCUT2D eigenvalue weighted by atomic mass is 9.96. The SMILES string of the molecule is CN(C[C@H]1CCCN(c2cc(Cl)ncc2-c2cnn(C(F)F)c2)C1)C(=O)OC(C)(C)C. The summed E-state index contributed by atoms with van der Waals surface area (Å²) in [5.74, 6) is 0.231. The normalized spacial score (nSPS) is 17.2. The summed E-state index contributed by atoms with van der Waals surface area (Å²) in [6.45, 7) is 4.86. The van der Waals surface area contributed by atoms with Crippen LogP contribution >= 0.6 is 11.6 Å². The number of rotatable bonds is 5. The van der Waals surface area contributed by atoms with Crippen molar-refractivity contribution in [1.82, 2.24) is 19.7 Å². The van der Waals surface area contributed by atoms with Crippen LogP contribution in [0.15, 0.2) is 24.7 Å². The molecule has 1 fully saturated rings. The topological polar surface area (TPSA) is 63.5 Å². The standard InChI is InChI=1S/C21H28ClF2N5O2/c1-21(2,3)31-20(30)27(4)11-14-6-5-7-28(12-14)17-8-18(22)25-10-16(17)15-9-26-29(13-15)19(23)24/h8-10,13-14,19H,5-7,11-12H2,1-4H3/t14-/m1/s1. The minimum absolute atomic E-state index is 0.231. The highest BCUT2D eigenvalue weighted by Crippen LogP contribution is 2.35. The molecule has 170 valence electrons. The molecule has 0 spiro atoms. The first-order chi connectivity index (χ1) is 14.5. The molecule has 1 aliphatic rings. The Balaban J connectivity index is 1.77. The van der Waals surface area contributed by atoms with Gasteiger partial charge in [-0.1, -0.05) is 11.6 Å². The van der Waals surface area contributed by atoms with E-state index in [2.05, 4.69) is 15.0 Å². The summed E-state index contributed by atoms with van der Waals surface area (Å²) in [5, 5.41) is 4.06. The number of piperidine rings is 1. The molecule has 0 bridgehead atoms. The Kier molecular flexibility index (Phi) is 7.03. The molecule has 3 heterocycles. The molecule has 1 aliphatic heterocycles. The molecule has 0 radical (unpaired) electrons. The van der Waals surface area contributed by atoms with E-state index in [1.165, 1.54) is 12.4 Å². The van der Waals surface area contributed by atoms with Gasteiger partial charge in [0.2, 0.25) is 0 Å². The molecule has 1 atom stereocenters. The number of halogens is 3. The number of hydrogen-bond donors (Lipinski definition) is 0. The van der Waals surface area contributed by atoms with Crippen molar-refractivity contribution in [2.75, 3.05) is 31.6 Å². The van der Waals surface area contributed by atoms with Crippen molar-refractivity contribution in [1.29, 1.82) is 0 Å². The first-order valence-corrected chi connectivity index (χ1v) is 10.6. The third kappa shape index (κ3) is 6.06. The van der Waals surface area contributed by atoms with E-state index in [9.17, 15) is 13.6 Å². The fourth-order valence-electron chi connectivity index (χ4n) is 3.72. The lowest BCUT2D eigenvalue weighted by Crippen LogP contribution is -2.43. The van der Waals surface area contributed by atoms with E-state index in [1.807, 2.05) is 20.8 Å². The first kappa shape index (κ1) is 23.2. The average molecular weight is 456 g/mol. The van der Waals surface area contributed by atoms with Gasteiger partial charge in [0, 0.05) is 55.9 Å². The number of hydrogen-bond acceptors (Lipinski definition) is 5. The van der Waals surface area contributed by atoms with Gasteiger partial charge in [0.15, 0.2) is 0 Å². The third-order valence-electron chi connectivity index (χ3n) is 5.06. The van der Waals surface area contributed by atoms with Crippen molar-refractivity contribution in [2.45, 2.75) is 45.8 Å². The van der Waals surface area contributed by atoms with Crippen molar-refractivity contribution in [2.24, 2.45) is 5.92 Å². The summed E-state index contributed by atoms with van der Waals surface area (Å²) in [6.07, 6.45) is 5.84. The highest BCUT2D eigenvalue weighted by atomic mass is 35.5. The Labute approximate surface area is 185 Å². The molecule has 10 heteroatoms. The number of anilines is 1. The van der Waals surface area contributed by atoms with Crippen LogP contribution in [0.2, 0.25) is 5.15 Å². The lowest BCUT2D eigenvalue weighted by Gasteiger charge is -2.37. The predicted octanol–water partition coefficient (Wildman–Crippen LogP) is 5.08. The van der Waals surface area contributed by atoms with Gasteiger partial charge in [-0.3, -0.25) is 0 Å². The van der Waals surface area contributed by atoms with E-state index < -0.39 is 12.2 Å². The van der Waals surface area contributed by atoms with Gasteiger partial charge in [0.1, 0.15) is 10.8 Å². The zero-order chi connectivity index (χ0) is 22.8. The number of pyridine rings is 1. The van der Waals surface area contributed by atoms with Crippen molar-refractivity contribution in [3.05, 3.63) is 29.8 Å². The highest BCUT2D eigenvalue weighted by Gasteiger charge is 2.27. The fraction of sp³-hybridized carbons (Fsp3) is 0.571. The van der Waals surface area contributed by atoms with Crippen LogP contribution in [0.1, 0.15) is 40.2 Å². The molecule has 2 aromatic rings. The van der Waals surface area contributed by atoms with Crippen LogP contribution < -0.4 is 4.90 Å². The average Bonchev–Trinajstić information content (AvgIpc) is 3.17. The molecule has 2 aromatic heterocycles. The maximum Gasteiger partial charge on any atom is 0.410 e. The van der Waals surface area contributed by atoms with Crippen molar-refractivity contribution >= 4 is 23.4 Å². The van der Waals surface area contributed by atoms with E-state index in [0.29, 0.717) is 34.1 Å². The second kappa shape index (κ2) is 9.38. The maximum atomic E-state index is 13.0. The van der Waals surface area contributed by atoms with Crippen LogP contribution in [0, 0.1) is 5.92 Å². The van der Waals surface area contributed by atoms with Crippen LogP contribution in [0.4, 0.5) is 19.3 Å². The number of carbonyl (C=O) groups is 1. The summed E-state index contributed by atoms with van der Waals surface area (Å²) in [6, 6.07) is 1.75. The van der Waals surface area contributed by atoms with Crippen LogP contribution in [-0.2, 0) is 4.74 Å². The molecular weight excluding hydrogens is 428 g/mol. The molecule has 0 aromatic carbocycles. The predicted molar refractivity (Wildman–Crippen MR) is 116 cm³/mol. The summed E-state index contributed by atoms with van der Waals surface area (Å²) >= 11 is 6.15. The molecular formula is C21H28ClF2N5O2. The van der Waals surface area contributed by atoms with Gasteiger partial charge < -0.3 is 14.5 Å². The smallest absolute Gasteiger partial charge is 0.410 e. The molecule has 0 saturated carbocycles. The Hall–Kier alpha value is -2.42. The van der Waals surface area contributed by atoms with Crippen LogP contribution in [0.25, 0.3) is 11.1 Å². The van der Waals surface area contributed by atoms with Gasteiger partial charge >= 0.3 is 12.6 Å². The minimum Gasteiger partial charge on any atom is -0.444 e. The van der Waals surface area contributed by atoms with Crippen molar-refractivity contribution < 1.29 is 18.3 Å². The minimum atomic E-state index is -2.71. The number of ether oxygens (including phenoxy) is 1. The summed E-state index contributed by atoms with van der Waals surface area (Å²) in [4.78, 5) is 20.2. The lowest BCUT2D eigenvalue weighted by molar-refractivity contribution is 0.0269. The molecule has 0 aliphatic carbocycles. The number of amides is 1. The highest BCUT2D eigenvalue weighted by molar-refractivity contribution is 6.29. The van der Waals surface area contributed by atoms with Crippen LogP contribution in [-0.4, -0.2) is 58.0 Å². The second-order valence-corrected chi connectivity index (χ2v) is 9.21. The van der Waals surface area contributed by atoms with E-state index >= 15 is 0 Å². The van der Waals surface area contributed by atoms with Gasteiger partial charge in [0.05, 0.1) is 6.20 Å². The fourth-order valence-corrected chi connectivity index (χ4v) is 3.87. The van der Waals surface area contributed by atoms with Crippen LogP contribution in [0.5, 0.6) is 0 Å². The summed E-state index contributed by atoms with van der Waals surface area (Å²) < 4.78 is 32.0. The van der Waals surface area contributed by atoms with Gasteiger partial charge in [-0.25, -0.2) is 14.5 Å². The largest absolute Gasteiger partial charge is 0.444 e. The van der Waals surface area contributed by atoms with E-state index in [-0.39, 0.29) is 12.0 Å². The zero-order valence-corrected chi connectivity index (χ0v) is 18.9. The Morgan fingerprint density at radius 3 is 2.77 bits per heavy atom.